The number of tetrazole rings is 1. The summed E-state index contributed by atoms with van der Waals surface area (Å²) in [6, 6.07) is 15.7. The van der Waals surface area contributed by atoms with Crippen molar-refractivity contribution in [2.45, 2.75) is 98.3 Å². The van der Waals surface area contributed by atoms with E-state index in [-0.39, 0.29) is 29.8 Å². The molecule has 3 aromatic rings. The van der Waals surface area contributed by atoms with Crippen LogP contribution in [0, 0.1) is 24.2 Å². The number of carbonyl (C=O) groups is 2. The van der Waals surface area contributed by atoms with Gasteiger partial charge in [0, 0.05) is 11.1 Å². The van der Waals surface area contributed by atoms with Crippen molar-refractivity contribution in [3.05, 3.63) is 76.6 Å². The number of aromatic amines is 1. The second-order valence-electron chi connectivity index (χ2n) is 13.7. The quantitative estimate of drug-likeness (QED) is 0.312. The van der Waals surface area contributed by atoms with Gasteiger partial charge in [0.25, 0.3) is 11.8 Å². The molecule has 2 aliphatic rings. The van der Waals surface area contributed by atoms with Gasteiger partial charge >= 0.3 is 0 Å². The van der Waals surface area contributed by atoms with Crippen LogP contribution < -0.4 is 5.32 Å². The first kappa shape index (κ1) is 30.6. The molecule has 228 valence electrons. The van der Waals surface area contributed by atoms with Gasteiger partial charge in [-0.3, -0.25) is 14.6 Å². The van der Waals surface area contributed by atoms with Crippen molar-refractivity contribution in [1.82, 2.24) is 30.8 Å². The number of aromatic nitrogens is 4. The highest BCUT2D eigenvalue weighted by molar-refractivity contribution is 6.46. The third kappa shape index (κ3) is 6.71. The Hall–Kier alpha value is -3.88. The molecule has 43 heavy (non-hydrogen) atoms. The van der Waals surface area contributed by atoms with Crippen molar-refractivity contribution in [2.75, 3.05) is 0 Å². The number of hydrogen-bond acceptors (Lipinski definition) is 6. The van der Waals surface area contributed by atoms with Gasteiger partial charge in [-0.15, -0.1) is 10.2 Å². The molecular formula is C34H45N7O2. The Labute approximate surface area is 254 Å². The van der Waals surface area contributed by atoms with Crippen LogP contribution in [0.3, 0.4) is 0 Å². The Balaban J connectivity index is 1.47. The van der Waals surface area contributed by atoms with E-state index >= 15 is 0 Å². The summed E-state index contributed by atoms with van der Waals surface area (Å²) in [5.74, 6) is 1.29. The molecule has 1 fully saturated rings. The third-order valence-electron chi connectivity index (χ3n) is 9.21. The second kappa shape index (κ2) is 12.4. The highest BCUT2D eigenvalue weighted by atomic mass is 16.2. The number of hydrogen-bond donors (Lipinski definition) is 2. The van der Waals surface area contributed by atoms with Crippen molar-refractivity contribution < 1.29 is 9.59 Å². The van der Waals surface area contributed by atoms with E-state index in [2.05, 4.69) is 84.5 Å². The summed E-state index contributed by atoms with van der Waals surface area (Å²) in [5.41, 5.74) is 3.83. The minimum absolute atomic E-state index is 0.00810. The zero-order valence-corrected chi connectivity index (χ0v) is 26.4. The van der Waals surface area contributed by atoms with Crippen molar-refractivity contribution in [3.63, 3.8) is 0 Å². The van der Waals surface area contributed by atoms with Gasteiger partial charge in [0.05, 0.1) is 12.6 Å². The molecule has 9 heteroatoms. The number of aryl methyl sites for hydroxylation is 1. The van der Waals surface area contributed by atoms with Gasteiger partial charge in [-0.05, 0) is 80.4 Å². The normalized spacial score (nSPS) is 21.4. The molecule has 5 rings (SSSR count). The van der Waals surface area contributed by atoms with E-state index in [9.17, 15) is 9.59 Å². The lowest BCUT2D eigenvalue weighted by molar-refractivity contribution is -0.133. The van der Waals surface area contributed by atoms with Crippen LogP contribution in [0.5, 0.6) is 0 Å². The lowest BCUT2D eigenvalue weighted by Crippen LogP contribution is -2.51. The maximum atomic E-state index is 14.5. The molecular weight excluding hydrogens is 538 g/mol. The number of aliphatic imine (C=N–C) groups is 1. The van der Waals surface area contributed by atoms with Crippen LogP contribution in [0.1, 0.15) is 112 Å². The standard InChI is InChI=1S/C34H45N7O2/c1-22(2)7-16-28(24-12-14-26(15-13-24)31(42)35-21-29-37-39-40-38-29)41-32(43)30(25-10-8-23(3)9-11-25)36-34(41)19-17-27(18-20-34)33(4,5)6/h8-15,22,27-28H,7,16-21H2,1-6H3,(H,35,42)(H,37,38,39,40). The molecule has 1 spiro atoms. The average molecular weight is 584 g/mol. The van der Waals surface area contributed by atoms with E-state index in [0.29, 0.717) is 28.9 Å². The lowest BCUT2D eigenvalue weighted by Gasteiger charge is -2.47. The number of rotatable bonds is 9. The van der Waals surface area contributed by atoms with E-state index in [1.54, 1.807) is 0 Å². The molecule has 1 unspecified atom stereocenters. The summed E-state index contributed by atoms with van der Waals surface area (Å²) in [6.07, 6.45) is 5.58. The smallest absolute Gasteiger partial charge is 0.275 e. The molecule has 2 amide bonds. The minimum Gasteiger partial charge on any atom is -0.345 e. The van der Waals surface area contributed by atoms with E-state index in [4.69, 9.17) is 4.99 Å². The fourth-order valence-corrected chi connectivity index (χ4v) is 6.55. The maximum absolute atomic E-state index is 14.5. The van der Waals surface area contributed by atoms with Gasteiger partial charge in [0.2, 0.25) is 0 Å². The predicted molar refractivity (Wildman–Crippen MR) is 167 cm³/mol. The maximum Gasteiger partial charge on any atom is 0.275 e. The molecule has 9 nitrogen and oxygen atoms in total. The largest absolute Gasteiger partial charge is 0.345 e. The first-order chi connectivity index (χ1) is 20.5. The van der Waals surface area contributed by atoms with Crippen LogP contribution in [0.2, 0.25) is 0 Å². The Kier molecular flexibility index (Phi) is 8.81. The fraction of sp³-hybridized carbons (Fsp3) is 0.529. The van der Waals surface area contributed by atoms with E-state index in [1.807, 2.05) is 36.4 Å². The van der Waals surface area contributed by atoms with Gasteiger partial charge in [0.1, 0.15) is 11.4 Å². The molecule has 1 saturated carbocycles. The van der Waals surface area contributed by atoms with Crippen molar-refractivity contribution in [1.29, 1.82) is 0 Å². The summed E-state index contributed by atoms with van der Waals surface area (Å²) in [4.78, 5) is 34.8. The summed E-state index contributed by atoms with van der Waals surface area (Å²) < 4.78 is 0. The third-order valence-corrected chi connectivity index (χ3v) is 9.21. The molecule has 1 aromatic heterocycles. The SMILES string of the molecule is Cc1ccc(C2=NC3(CCC(C(C)(C)C)CC3)N(C(CCC(C)C)c3ccc(C(=O)NCc4nn[nH]n4)cc3)C2=O)cc1. The number of carbonyl (C=O) groups excluding carboxylic acids is 2. The number of amides is 2. The van der Waals surface area contributed by atoms with Crippen molar-refractivity contribution >= 4 is 17.5 Å². The topological polar surface area (TPSA) is 116 Å². The zero-order valence-electron chi connectivity index (χ0n) is 26.4. The first-order valence-corrected chi connectivity index (χ1v) is 15.6. The number of nitrogens with zero attached hydrogens (tertiary/aromatic N) is 5. The lowest BCUT2D eigenvalue weighted by atomic mass is 9.69. The Bertz CT molecular complexity index is 1430. The molecule has 0 radical (unpaired) electrons. The summed E-state index contributed by atoms with van der Waals surface area (Å²) in [7, 11) is 0. The van der Waals surface area contributed by atoms with Crippen LogP contribution in [0.25, 0.3) is 0 Å². The van der Waals surface area contributed by atoms with E-state index < -0.39 is 5.66 Å². The summed E-state index contributed by atoms with van der Waals surface area (Å²) >= 11 is 0. The molecule has 2 aromatic carbocycles. The zero-order chi connectivity index (χ0) is 30.8. The van der Waals surface area contributed by atoms with Gasteiger partial charge in [0.15, 0.2) is 5.82 Å². The predicted octanol–water partition coefficient (Wildman–Crippen LogP) is 6.18. The Morgan fingerprint density at radius 3 is 2.30 bits per heavy atom. The highest BCUT2D eigenvalue weighted by Crippen LogP contribution is 2.50. The van der Waals surface area contributed by atoms with Gasteiger partial charge < -0.3 is 10.2 Å². The number of H-pyrrole nitrogens is 1. The summed E-state index contributed by atoms with van der Waals surface area (Å²) in [6.45, 7) is 13.6. The van der Waals surface area contributed by atoms with Gasteiger partial charge in [-0.1, -0.05) is 81.8 Å². The molecule has 1 aliphatic carbocycles. The van der Waals surface area contributed by atoms with E-state index in [0.717, 1.165) is 55.2 Å². The van der Waals surface area contributed by atoms with Crippen molar-refractivity contribution in [2.24, 2.45) is 22.2 Å². The Morgan fingerprint density at radius 2 is 1.72 bits per heavy atom. The average Bonchev–Trinajstić information content (AvgIpc) is 3.59. The van der Waals surface area contributed by atoms with Gasteiger partial charge in [-0.25, -0.2) is 0 Å². The van der Waals surface area contributed by atoms with Crippen LogP contribution in [-0.4, -0.2) is 48.7 Å². The molecule has 1 aliphatic heterocycles. The van der Waals surface area contributed by atoms with Crippen LogP contribution in [0.15, 0.2) is 53.5 Å². The minimum atomic E-state index is -0.568. The molecule has 2 N–H and O–H groups in total. The monoisotopic (exact) mass is 583 g/mol. The van der Waals surface area contributed by atoms with Gasteiger partial charge in [-0.2, -0.15) is 5.21 Å². The molecule has 0 saturated heterocycles. The van der Waals surface area contributed by atoms with Crippen molar-refractivity contribution in [3.8, 4) is 0 Å². The van der Waals surface area contributed by atoms with Crippen LogP contribution >= 0.6 is 0 Å². The number of benzene rings is 2. The fourth-order valence-electron chi connectivity index (χ4n) is 6.55. The number of nitrogens with one attached hydrogen (secondary N) is 2. The second-order valence-corrected chi connectivity index (χ2v) is 13.7. The summed E-state index contributed by atoms with van der Waals surface area (Å²) in [5, 5.41) is 16.5. The first-order valence-electron chi connectivity index (χ1n) is 15.6. The molecule has 1 atom stereocenters. The molecule has 0 bridgehead atoms. The molecule has 2 heterocycles. The Morgan fingerprint density at radius 1 is 1.05 bits per heavy atom. The highest BCUT2D eigenvalue weighted by Gasteiger charge is 2.52. The van der Waals surface area contributed by atoms with Crippen LogP contribution in [-0.2, 0) is 11.3 Å². The van der Waals surface area contributed by atoms with E-state index in [1.165, 1.54) is 0 Å². The van der Waals surface area contributed by atoms with Crippen LogP contribution in [0.4, 0.5) is 0 Å².